The molecule has 98 valence electrons. The Morgan fingerprint density at radius 3 is 2.06 bits per heavy atom. The van der Waals surface area contributed by atoms with Crippen molar-refractivity contribution in [2.24, 2.45) is 28.9 Å². The predicted octanol–water partition coefficient (Wildman–Crippen LogP) is 1.87. The number of hydrogen-bond donors (Lipinski definition) is 2. The first-order valence-electron chi connectivity index (χ1n) is 6.99. The monoisotopic (exact) mass is 248 g/mol. The van der Waals surface area contributed by atoms with Crippen LogP contribution in [0.2, 0.25) is 0 Å². The quantitative estimate of drug-likeness (QED) is 0.833. The lowest BCUT2D eigenvalue weighted by molar-refractivity contribution is -0.0717. The molecule has 0 amide bonds. The van der Waals surface area contributed by atoms with E-state index in [1.165, 1.54) is 38.5 Å². The third kappa shape index (κ3) is 1.43. The van der Waals surface area contributed by atoms with Gasteiger partial charge in [-0.15, -0.1) is 5.10 Å². The Balaban J connectivity index is 1.67. The van der Waals surface area contributed by atoms with E-state index in [1.807, 2.05) is 0 Å². The van der Waals surface area contributed by atoms with Crippen LogP contribution in [0.15, 0.2) is 4.42 Å². The summed E-state index contributed by atoms with van der Waals surface area (Å²) in [7, 11) is 0. The minimum atomic E-state index is -0.129. The Kier molecular flexibility index (Phi) is 2.08. The van der Waals surface area contributed by atoms with Crippen molar-refractivity contribution >= 4 is 6.01 Å². The molecule has 1 aromatic heterocycles. The molecule has 18 heavy (non-hydrogen) atoms. The average Bonchev–Trinajstić information content (AvgIpc) is 2.73. The van der Waals surface area contributed by atoms with Crippen LogP contribution < -0.4 is 11.5 Å². The summed E-state index contributed by atoms with van der Waals surface area (Å²) in [5.74, 6) is 3.17. The highest BCUT2D eigenvalue weighted by molar-refractivity contribution is 5.12. The Labute approximate surface area is 106 Å². The topological polar surface area (TPSA) is 91.0 Å². The first-order chi connectivity index (χ1) is 8.64. The van der Waals surface area contributed by atoms with Gasteiger partial charge in [-0.3, -0.25) is 0 Å². The Hall–Kier alpha value is -1.10. The second-order valence-corrected chi connectivity index (χ2v) is 6.74. The van der Waals surface area contributed by atoms with Crippen molar-refractivity contribution in [3.05, 3.63) is 5.89 Å². The minimum absolute atomic E-state index is 0.129. The van der Waals surface area contributed by atoms with E-state index in [-0.39, 0.29) is 17.5 Å². The summed E-state index contributed by atoms with van der Waals surface area (Å²) in [5.41, 5.74) is 12.2. The first-order valence-corrected chi connectivity index (χ1v) is 6.99. The van der Waals surface area contributed by atoms with Crippen molar-refractivity contribution in [3.8, 4) is 0 Å². The smallest absolute Gasteiger partial charge is 0.312 e. The molecular formula is C13H20N4O. The molecule has 0 spiro atoms. The van der Waals surface area contributed by atoms with Crippen LogP contribution in [0.25, 0.3) is 0 Å². The summed E-state index contributed by atoms with van der Waals surface area (Å²) < 4.78 is 5.37. The van der Waals surface area contributed by atoms with Crippen LogP contribution in [0, 0.1) is 23.2 Å². The number of nitrogens with two attached hydrogens (primary N) is 2. The molecule has 0 aromatic carbocycles. The number of hydrogen-bond acceptors (Lipinski definition) is 5. The molecule has 5 heteroatoms. The molecule has 1 aromatic rings. The van der Waals surface area contributed by atoms with Crippen molar-refractivity contribution < 1.29 is 4.42 Å². The molecule has 4 fully saturated rings. The normalized spacial score (nSPS) is 43.3. The minimum Gasteiger partial charge on any atom is -0.407 e. The third-order valence-electron chi connectivity index (χ3n) is 5.47. The van der Waals surface area contributed by atoms with E-state index in [0.29, 0.717) is 5.89 Å². The molecule has 0 radical (unpaired) electrons. The van der Waals surface area contributed by atoms with Gasteiger partial charge in [-0.25, -0.2) is 0 Å². The molecule has 5 rings (SSSR count). The molecule has 0 saturated heterocycles. The molecular weight excluding hydrogens is 228 g/mol. The van der Waals surface area contributed by atoms with Crippen molar-refractivity contribution in [1.29, 1.82) is 0 Å². The van der Waals surface area contributed by atoms with Crippen molar-refractivity contribution in [3.63, 3.8) is 0 Å². The summed E-state index contributed by atoms with van der Waals surface area (Å²) in [4.78, 5) is 0. The Bertz CT molecular complexity index is 434. The maximum Gasteiger partial charge on any atom is 0.312 e. The Morgan fingerprint density at radius 2 is 1.61 bits per heavy atom. The number of rotatable bonds is 2. The third-order valence-corrected chi connectivity index (χ3v) is 5.47. The standard InChI is InChI=1S/C13H20N4O/c14-10(11-16-17-12(15)18-11)13-4-7-1-8(5-13)3-9(2-7)6-13/h7-10H,1-6,14H2,(H2,15,17). The zero-order valence-electron chi connectivity index (χ0n) is 10.5. The maximum absolute atomic E-state index is 6.46. The van der Waals surface area contributed by atoms with E-state index < -0.39 is 0 Å². The molecule has 1 unspecified atom stereocenters. The van der Waals surface area contributed by atoms with Crippen LogP contribution in [0.3, 0.4) is 0 Å². The SMILES string of the molecule is Nc1nnc(C(N)C23CC4CC(CC(C4)C2)C3)o1. The molecule has 4 aliphatic rings. The number of anilines is 1. The van der Waals surface area contributed by atoms with Gasteiger partial charge in [0.05, 0.1) is 6.04 Å². The van der Waals surface area contributed by atoms with Gasteiger partial charge in [0.1, 0.15) is 0 Å². The molecule has 4 aliphatic carbocycles. The van der Waals surface area contributed by atoms with Crippen molar-refractivity contribution in [1.82, 2.24) is 10.2 Å². The van der Waals surface area contributed by atoms with Crippen LogP contribution in [0.5, 0.6) is 0 Å². The van der Waals surface area contributed by atoms with E-state index in [0.717, 1.165) is 17.8 Å². The summed E-state index contributed by atoms with van der Waals surface area (Å²) in [6, 6.07) is 0.000813. The van der Waals surface area contributed by atoms with Gasteiger partial charge < -0.3 is 15.9 Å². The highest BCUT2D eigenvalue weighted by atomic mass is 16.4. The Morgan fingerprint density at radius 1 is 1.06 bits per heavy atom. The van der Waals surface area contributed by atoms with Gasteiger partial charge in [-0.05, 0) is 61.7 Å². The predicted molar refractivity (Wildman–Crippen MR) is 66.2 cm³/mol. The van der Waals surface area contributed by atoms with Crippen LogP contribution in [0.4, 0.5) is 6.01 Å². The zero-order valence-corrected chi connectivity index (χ0v) is 10.5. The molecule has 1 heterocycles. The average molecular weight is 248 g/mol. The molecule has 0 aliphatic heterocycles. The van der Waals surface area contributed by atoms with E-state index in [1.54, 1.807) is 0 Å². The molecule has 4 bridgehead atoms. The van der Waals surface area contributed by atoms with Gasteiger partial charge in [-0.2, -0.15) is 0 Å². The van der Waals surface area contributed by atoms with Gasteiger partial charge in [0.25, 0.3) is 0 Å². The fourth-order valence-electron chi connectivity index (χ4n) is 5.19. The number of nitrogen functional groups attached to an aromatic ring is 1. The largest absolute Gasteiger partial charge is 0.407 e. The number of nitrogens with zero attached hydrogens (tertiary/aromatic N) is 2. The first kappa shape index (κ1) is 10.8. The van der Waals surface area contributed by atoms with E-state index >= 15 is 0 Å². The highest BCUT2D eigenvalue weighted by Crippen LogP contribution is 2.63. The van der Waals surface area contributed by atoms with E-state index in [9.17, 15) is 0 Å². The second kappa shape index (κ2) is 3.47. The second-order valence-electron chi connectivity index (χ2n) is 6.74. The van der Waals surface area contributed by atoms with Crippen LogP contribution in [-0.2, 0) is 0 Å². The van der Waals surface area contributed by atoms with Gasteiger partial charge in [-0.1, -0.05) is 5.10 Å². The van der Waals surface area contributed by atoms with Gasteiger partial charge in [0, 0.05) is 0 Å². The summed E-state index contributed by atoms with van der Waals surface area (Å²) in [5, 5.41) is 7.75. The zero-order chi connectivity index (χ0) is 12.3. The summed E-state index contributed by atoms with van der Waals surface area (Å²) in [6.45, 7) is 0. The molecule has 5 nitrogen and oxygen atoms in total. The van der Waals surface area contributed by atoms with Gasteiger partial charge in [0.15, 0.2) is 0 Å². The van der Waals surface area contributed by atoms with Crippen LogP contribution >= 0.6 is 0 Å². The van der Waals surface area contributed by atoms with E-state index in [2.05, 4.69) is 10.2 Å². The highest BCUT2D eigenvalue weighted by Gasteiger charge is 2.54. The van der Waals surface area contributed by atoms with Crippen LogP contribution in [-0.4, -0.2) is 10.2 Å². The fourth-order valence-corrected chi connectivity index (χ4v) is 5.19. The lowest BCUT2D eigenvalue weighted by Crippen LogP contribution is -2.50. The molecule has 4 saturated carbocycles. The summed E-state index contributed by atoms with van der Waals surface area (Å²) in [6.07, 6.45) is 7.96. The lowest BCUT2D eigenvalue weighted by Gasteiger charge is -2.58. The molecule has 1 atom stereocenters. The molecule has 4 N–H and O–H groups in total. The summed E-state index contributed by atoms with van der Waals surface area (Å²) >= 11 is 0. The lowest BCUT2D eigenvalue weighted by atomic mass is 9.48. The van der Waals surface area contributed by atoms with Crippen molar-refractivity contribution in [2.45, 2.75) is 44.6 Å². The van der Waals surface area contributed by atoms with Crippen molar-refractivity contribution in [2.75, 3.05) is 5.73 Å². The van der Waals surface area contributed by atoms with E-state index in [4.69, 9.17) is 15.9 Å². The fraction of sp³-hybridized carbons (Fsp3) is 0.846. The van der Waals surface area contributed by atoms with Crippen LogP contribution in [0.1, 0.15) is 50.5 Å². The maximum atomic E-state index is 6.46. The van der Waals surface area contributed by atoms with Gasteiger partial charge in [0.2, 0.25) is 5.89 Å². The van der Waals surface area contributed by atoms with Gasteiger partial charge >= 0.3 is 6.01 Å². The number of aromatic nitrogens is 2.